The molecule has 1 atom stereocenters. The molecule has 1 heterocycles. The van der Waals surface area contributed by atoms with Gasteiger partial charge in [0.1, 0.15) is 5.76 Å². The van der Waals surface area contributed by atoms with Gasteiger partial charge in [-0.2, -0.15) is 0 Å². The van der Waals surface area contributed by atoms with E-state index in [1.54, 1.807) is 0 Å². The predicted molar refractivity (Wildman–Crippen MR) is 64.3 cm³/mol. The van der Waals surface area contributed by atoms with E-state index in [9.17, 15) is 0 Å². The van der Waals surface area contributed by atoms with E-state index in [1.165, 1.54) is 56.4 Å². The van der Waals surface area contributed by atoms with Crippen LogP contribution in [-0.4, -0.2) is 6.54 Å². The molecule has 0 amide bonds. The maximum Gasteiger partial charge on any atom is 0.108 e. The summed E-state index contributed by atoms with van der Waals surface area (Å²) < 4.78 is 5.50. The number of hydrogen-bond donors (Lipinski definition) is 1. The van der Waals surface area contributed by atoms with Gasteiger partial charge in [0, 0.05) is 18.0 Å². The number of aryl methyl sites for hydroxylation is 1. The van der Waals surface area contributed by atoms with Gasteiger partial charge in [0.15, 0.2) is 0 Å². The second-order valence-corrected chi connectivity index (χ2v) is 5.28. The summed E-state index contributed by atoms with van der Waals surface area (Å²) in [6.45, 7) is 1.17. The molecule has 2 nitrogen and oxygen atoms in total. The first-order chi connectivity index (χ1) is 7.93. The van der Waals surface area contributed by atoms with E-state index in [0.29, 0.717) is 6.04 Å². The summed E-state index contributed by atoms with van der Waals surface area (Å²) in [5, 5.41) is 3.69. The predicted octanol–water partition coefficient (Wildman–Crippen LogP) is 3.44. The van der Waals surface area contributed by atoms with Gasteiger partial charge in [-0.15, -0.1) is 0 Å². The molecule has 3 rings (SSSR count). The van der Waals surface area contributed by atoms with E-state index < -0.39 is 0 Å². The fourth-order valence-corrected chi connectivity index (χ4v) is 2.77. The van der Waals surface area contributed by atoms with Crippen LogP contribution >= 0.6 is 0 Å². The number of fused-ring (bicyclic) bond motifs is 1. The van der Waals surface area contributed by atoms with Gasteiger partial charge < -0.3 is 9.73 Å². The van der Waals surface area contributed by atoms with Gasteiger partial charge in [-0.1, -0.05) is 12.8 Å². The first-order valence-corrected chi connectivity index (χ1v) is 6.73. The molecule has 0 aromatic carbocycles. The lowest BCUT2D eigenvalue weighted by atomic mass is 9.93. The fraction of sp³-hybridized carbons (Fsp3) is 0.714. The van der Waals surface area contributed by atoms with Gasteiger partial charge in [0.05, 0.1) is 6.26 Å². The molecule has 1 N–H and O–H groups in total. The molecule has 0 saturated heterocycles. The maximum absolute atomic E-state index is 5.50. The number of hydrogen-bond acceptors (Lipinski definition) is 2. The minimum atomic E-state index is 0.557. The summed E-state index contributed by atoms with van der Waals surface area (Å²) in [4.78, 5) is 0. The van der Waals surface area contributed by atoms with Crippen molar-refractivity contribution >= 4 is 0 Å². The highest BCUT2D eigenvalue weighted by atomic mass is 16.3. The van der Waals surface area contributed by atoms with Crippen molar-refractivity contribution in [2.24, 2.45) is 5.92 Å². The molecule has 1 saturated carbocycles. The SMILES string of the molecule is c1cc2c(o1)CCCC2NCCCC1CC1. The van der Waals surface area contributed by atoms with E-state index >= 15 is 0 Å². The molecule has 88 valence electrons. The van der Waals surface area contributed by atoms with Crippen LogP contribution in [-0.2, 0) is 6.42 Å². The fourth-order valence-electron chi connectivity index (χ4n) is 2.77. The van der Waals surface area contributed by atoms with Crippen molar-refractivity contribution in [3.05, 3.63) is 23.7 Å². The Kier molecular flexibility index (Phi) is 3.00. The summed E-state index contributed by atoms with van der Waals surface area (Å²) in [7, 11) is 0. The van der Waals surface area contributed by atoms with Crippen LogP contribution < -0.4 is 5.32 Å². The molecule has 0 bridgehead atoms. The zero-order valence-electron chi connectivity index (χ0n) is 9.87. The van der Waals surface area contributed by atoms with Crippen LogP contribution in [0.2, 0.25) is 0 Å². The number of rotatable bonds is 5. The third-order valence-electron chi connectivity index (χ3n) is 3.93. The first-order valence-electron chi connectivity index (χ1n) is 6.73. The Bertz CT molecular complexity index is 340. The maximum atomic E-state index is 5.50. The highest BCUT2D eigenvalue weighted by molar-refractivity contribution is 5.23. The highest BCUT2D eigenvalue weighted by Gasteiger charge is 2.23. The minimum absolute atomic E-state index is 0.557. The Balaban J connectivity index is 1.48. The third kappa shape index (κ3) is 2.32. The Morgan fingerprint density at radius 3 is 3.12 bits per heavy atom. The Morgan fingerprint density at radius 1 is 1.31 bits per heavy atom. The van der Waals surface area contributed by atoms with Crippen molar-refractivity contribution in [3.63, 3.8) is 0 Å². The van der Waals surface area contributed by atoms with E-state index in [0.717, 1.165) is 12.3 Å². The lowest BCUT2D eigenvalue weighted by Crippen LogP contribution is -2.25. The first kappa shape index (κ1) is 10.4. The topological polar surface area (TPSA) is 25.2 Å². The number of furan rings is 1. The second kappa shape index (κ2) is 4.62. The van der Waals surface area contributed by atoms with E-state index in [2.05, 4.69) is 11.4 Å². The summed E-state index contributed by atoms with van der Waals surface area (Å²) in [5.41, 5.74) is 1.41. The molecule has 0 aliphatic heterocycles. The molecule has 2 aliphatic rings. The van der Waals surface area contributed by atoms with Crippen molar-refractivity contribution < 1.29 is 4.42 Å². The summed E-state index contributed by atoms with van der Waals surface area (Å²) >= 11 is 0. The van der Waals surface area contributed by atoms with Crippen LogP contribution in [0.25, 0.3) is 0 Å². The van der Waals surface area contributed by atoms with Gasteiger partial charge in [-0.05, 0) is 44.2 Å². The summed E-state index contributed by atoms with van der Waals surface area (Å²) in [6, 6.07) is 2.70. The smallest absolute Gasteiger partial charge is 0.108 e. The van der Waals surface area contributed by atoms with Crippen LogP contribution in [0.3, 0.4) is 0 Å². The van der Waals surface area contributed by atoms with Gasteiger partial charge in [-0.25, -0.2) is 0 Å². The average molecular weight is 219 g/mol. The van der Waals surface area contributed by atoms with Crippen molar-refractivity contribution in [1.29, 1.82) is 0 Å². The molecule has 0 radical (unpaired) electrons. The third-order valence-corrected chi connectivity index (χ3v) is 3.93. The highest BCUT2D eigenvalue weighted by Crippen LogP contribution is 2.34. The van der Waals surface area contributed by atoms with Gasteiger partial charge in [0.2, 0.25) is 0 Å². The normalized spacial score (nSPS) is 24.4. The largest absolute Gasteiger partial charge is 0.469 e. The van der Waals surface area contributed by atoms with Crippen molar-refractivity contribution in [1.82, 2.24) is 5.32 Å². The summed E-state index contributed by atoms with van der Waals surface area (Å²) in [6.07, 6.45) is 11.2. The van der Waals surface area contributed by atoms with Crippen LogP contribution in [0, 0.1) is 5.92 Å². The van der Waals surface area contributed by atoms with Crippen LogP contribution in [0.1, 0.15) is 55.9 Å². The van der Waals surface area contributed by atoms with E-state index in [4.69, 9.17) is 4.42 Å². The molecule has 2 aliphatic carbocycles. The van der Waals surface area contributed by atoms with Gasteiger partial charge in [0.25, 0.3) is 0 Å². The Morgan fingerprint density at radius 2 is 2.25 bits per heavy atom. The molecule has 1 aromatic heterocycles. The van der Waals surface area contributed by atoms with E-state index in [1.807, 2.05) is 6.26 Å². The quantitative estimate of drug-likeness (QED) is 0.767. The summed E-state index contributed by atoms with van der Waals surface area (Å²) in [5.74, 6) is 2.28. The molecular weight excluding hydrogens is 198 g/mol. The average Bonchev–Trinajstić information content (AvgIpc) is 3.00. The Labute approximate surface area is 97.4 Å². The molecule has 16 heavy (non-hydrogen) atoms. The zero-order chi connectivity index (χ0) is 10.8. The van der Waals surface area contributed by atoms with Gasteiger partial charge >= 0.3 is 0 Å². The van der Waals surface area contributed by atoms with Crippen molar-refractivity contribution in [2.75, 3.05) is 6.54 Å². The lowest BCUT2D eigenvalue weighted by molar-refractivity contribution is 0.407. The van der Waals surface area contributed by atoms with Crippen LogP contribution in [0.15, 0.2) is 16.7 Å². The molecule has 2 heteroatoms. The molecule has 1 unspecified atom stereocenters. The van der Waals surface area contributed by atoms with E-state index in [-0.39, 0.29) is 0 Å². The molecular formula is C14H21NO. The van der Waals surface area contributed by atoms with Crippen molar-refractivity contribution in [3.8, 4) is 0 Å². The van der Waals surface area contributed by atoms with Crippen molar-refractivity contribution in [2.45, 2.75) is 51.0 Å². The molecule has 0 spiro atoms. The monoisotopic (exact) mass is 219 g/mol. The zero-order valence-corrected chi connectivity index (χ0v) is 9.87. The minimum Gasteiger partial charge on any atom is -0.469 e. The standard InChI is InChI=1S/C14H21NO/c1-4-13(12-8-10-16-14(12)5-1)15-9-2-3-11-6-7-11/h8,10-11,13,15H,1-7,9H2. The van der Waals surface area contributed by atoms with Crippen LogP contribution in [0.5, 0.6) is 0 Å². The second-order valence-electron chi connectivity index (χ2n) is 5.28. The number of nitrogens with one attached hydrogen (secondary N) is 1. The lowest BCUT2D eigenvalue weighted by Gasteiger charge is -2.22. The van der Waals surface area contributed by atoms with Gasteiger partial charge in [-0.3, -0.25) is 0 Å². The molecule has 1 fully saturated rings. The molecule has 1 aromatic rings. The Hall–Kier alpha value is -0.760. The van der Waals surface area contributed by atoms with Crippen LogP contribution in [0.4, 0.5) is 0 Å².